The molecule has 5 rings (SSSR count). The summed E-state index contributed by atoms with van der Waals surface area (Å²) in [5.41, 5.74) is 3.44. The molecule has 3 heterocycles. The summed E-state index contributed by atoms with van der Waals surface area (Å²) in [5.74, 6) is -1.36. The quantitative estimate of drug-likeness (QED) is 0.219. The van der Waals surface area contributed by atoms with Gasteiger partial charge in [-0.1, -0.05) is 17.7 Å². The van der Waals surface area contributed by atoms with Crippen molar-refractivity contribution in [1.82, 2.24) is 8.55 Å². The molecule has 10 heteroatoms. The molecule has 0 aliphatic carbocycles. The Balaban J connectivity index is 1.36. The topological polar surface area (TPSA) is 93.2 Å². The molecule has 2 aromatic heterocycles. The third-order valence-electron chi connectivity index (χ3n) is 5.90. The van der Waals surface area contributed by atoms with Crippen LogP contribution in [-0.2, 0) is 16.1 Å². The summed E-state index contributed by atoms with van der Waals surface area (Å²) in [7, 11) is 0. The average molecular weight is 559 g/mol. The summed E-state index contributed by atoms with van der Waals surface area (Å²) in [6.07, 6.45) is 1.67. The van der Waals surface area contributed by atoms with Gasteiger partial charge in [-0.25, -0.2) is 0 Å². The maximum atomic E-state index is 14.0. The zero-order valence-corrected chi connectivity index (χ0v) is 21.2. The number of esters is 1. The number of carbonyl (C=O) groups excluding carboxylic acids is 2. The molecule has 0 saturated carbocycles. The zero-order chi connectivity index (χ0) is 24.9. The Kier molecular flexibility index (Phi) is 6.00. The Bertz CT molecular complexity index is 1610. The molecule has 0 fully saturated rings. The van der Waals surface area contributed by atoms with Gasteiger partial charge in [0.2, 0.25) is 0 Å². The van der Waals surface area contributed by atoms with Gasteiger partial charge >= 0.3 is 181 Å². The van der Waals surface area contributed by atoms with Crippen molar-refractivity contribution >= 4 is 65.2 Å². The van der Waals surface area contributed by atoms with Crippen molar-refractivity contribution in [2.24, 2.45) is 0 Å². The molecule has 7 nitrogen and oxygen atoms in total. The number of benzene rings is 2. The Hall–Kier alpha value is -3.39. The molecule has 178 valence electrons. The zero-order valence-electron chi connectivity index (χ0n) is 18.7. The summed E-state index contributed by atoms with van der Waals surface area (Å²) in [6.45, 7) is 3.66. The number of ether oxygens (including phenoxy) is 1. The number of rotatable bonds is 5. The first kappa shape index (κ1) is 23.4. The van der Waals surface area contributed by atoms with Gasteiger partial charge in [-0.05, 0) is 12.1 Å². The minimum absolute atomic E-state index is 0.0200. The molecule has 4 aromatic rings. The van der Waals surface area contributed by atoms with Crippen molar-refractivity contribution in [2.45, 2.75) is 20.4 Å². The summed E-state index contributed by atoms with van der Waals surface area (Å²) < 4.78 is 21.6. The Morgan fingerprint density at radius 1 is 1.20 bits per heavy atom. The molecule has 0 spiro atoms. The van der Waals surface area contributed by atoms with Gasteiger partial charge in [0.25, 0.3) is 0 Å². The SMILES string of the molecule is Cc1[nH]c(/C=C2\C(=O)Nc3cccc(Cl)c32)c(C)c1C(=O)OCCn1[se]c2cccc(F)c2c1=O. The molecule has 0 bridgehead atoms. The van der Waals surface area contributed by atoms with Gasteiger partial charge in [-0.3, -0.25) is 0 Å². The molecular weight excluding hydrogens is 540 g/mol. The molecule has 0 saturated heterocycles. The number of aromatic nitrogens is 2. The molecule has 1 amide bonds. The van der Waals surface area contributed by atoms with E-state index in [-0.39, 0.29) is 44.7 Å². The number of nitrogens with zero attached hydrogens (tertiary/aromatic N) is 1. The van der Waals surface area contributed by atoms with Gasteiger partial charge < -0.3 is 0 Å². The predicted molar refractivity (Wildman–Crippen MR) is 134 cm³/mol. The third-order valence-corrected chi connectivity index (χ3v) is 8.53. The second-order valence-corrected chi connectivity index (χ2v) is 10.7. The van der Waals surface area contributed by atoms with Crippen LogP contribution in [0.1, 0.15) is 32.9 Å². The fraction of sp³-hybridized carbons (Fsp3) is 0.160. The molecule has 2 aromatic carbocycles. The van der Waals surface area contributed by atoms with E-state index in [1.807, 2.05) is 0 Å². The van der Waals surface area contributed by atoms with Crippen molar-refractivity contribution in [2.75, 3.05) is 11.9 Å². The Labute approximate surface area is 210 Å². The van der Waals surface area contributed by atoms with E-state index in [0.29, 0.717) is 48.6 Å². The van der Waals surface area contributed by atoms with E-state index >= 15 is 0 Å². The summed E-state index contributed by atoms with van der Waals surface area (Å²) in [4.78, 5) is 41.0. The third kappa shape index (κ3) is 4.05. The minimum atomic E-state index is -0.543. The number of hydrogen-bond donors (Lipinski definition) is 2. The number of fused-ring (bicyclic) bond motifs is 2. The first-order valence-corrected chi connectivity index (χ1v) is 12.7. The van der Waals surface area contributed by atoms with Gasteiger partial charge in [-0.2, -0.15) is 0 Å². The van der Waals surface area contributed by atoms with Crippen molar-refractivity contribution in [3.05, 3.63) is 85.7 Å². The molecule has 1 aliphatic heterocycles. The molecule has 2 N–H and O–H groups in total. The Morgan fingerprint density at radius 3 is 2.74 bits per heavy atom. The van der Waals surface area contributed by atoms with Crippen LogP contribution in [0.25, 0.3) is 21.3 Å². The van der Waals surface area contributed by atoms with Crippen molar-refractivity contribution in [3.63, 3.8) is 0 Å². The van der Waals surface area contributed by atoms with Gasteiger partial charge in [-0.15, -0.1) is 0 Å². The molecular formula is C25H19ClFN3O4Se. The van der Waals surface area contributed by atoms with Crippen molar-refractivity contribution in [1.29, 1.82) is 0 Å². The summed E-state index contributed by atoms with van der Waals surface area (Å²) in [6, 6.07) is 9.83. The summed E-state index contributed by atoms with van der Waals surface area (Å²) in [5, 5.41) is 3.34. The fourth-order valence-corrected chi connectivity index (χ4v) is 6.59. The molecule has 0 atom stereocenters. The monoisotopic (exact) mass is 559 g/mol. The van der Waals surface area contributed by atoms with E-state index in [0.717, 1.165) is 0 Å². The van der Waals surface area contributed by atoms with Crippen LogP contribution in [0.15, 0.2) is 41.2 Å². The van der Waals surface area contributed by atoms with Crippen LogP contribution in [0, 0.1) is 19.7 Å². The van der Waals surface area contributed by atoms with Gasteiger partial charge in [0.05, 0.1) is 0 Å². The van der Waals surface area contributed by atoms with E-state index in [1.54, 1.807) is 50.3 Å². The maximum absolute atomic E-state index is 14.0. The van der Waals surface area contributed by atoms with E-state index in [4.69, 9.17) is 16.3 Å². The summed E-state index contributed by atoms with van der Waals surface area (Å²) >= 11 is 5.96. The van der Waals surface area contributed by atoms with Gasteiger partial charge in [0.1, 0.15) is 0 Å². The number of aromatic amines is 1. The van der Waals surface area contributed by atoms with Crippen LogP contribution < -0.4 is 10.9 Å². The Morgan fingerprint density at radius 2 is 1.97 bits per heavy atom. The number of amides is 1. The average Bonchev–Trinajstić information content (AvgIpc) is 3.40. The van der Waals surface area contributed by atoms with Crippen LogP contribution >= 0.6 is 11.6 Å². The van der Waals surface area contributed by atoms with Crippen molar-refractivity contribution < 1.29 is 18.7 Å². The predicted octanol–water partition coefficient (Wildman–Crippen LogP) is 4.15. The van der Waals surface area contributed by atoms with Gasteiger partial charge in [0.15, 0.2) is 0 Å². The number of H-pyrrole nitrogens is 1. The number of aryl methyl sites for hydroxylation is 1. The number of carbonyl (C=O) groups is 2. The number of anilines is 1. The first-order chi connectivity index (χ1) is 16.8. The van der Waals surface area contributed by atoms with Crippen LogP contribution in [-0.4, -0.2) is 41.8 Å². The van der Waals surface area contributed by atoms with Crippen molar-refractivity contribution in [3.8, 4) is 0 Å². The fourth-order valence-electron chi connectivity index (χ4n) is 4.23. The molecule has 1 aliphatic rings. The second-order valence-electron chi connectivity index (χ2n) is 8.09. The van der Waals surface area contributed by atoms with Crippen LogP contribution in [0.2, 0.25) is 5.02 Å². The van der Waals surface area contributed by atoms with E-state index in [9.17, 15) is 18.8 Å². The molecule has 0 radical (unpaired) electrons. The van der Waals surface area contributed by atoms with Crippen LogP contribution in [0.5, 0.6) is 0 Å². The number of nitrogens with one attached hydrogen (secondary N) is 2. The normalized spacial score (nSPS) is 13.9. The van der Waals surface area contributed by atoms with E-state index in [1.165, 1.54) is 9.63 Å². The first-order valence-electron chi connectivity index (χ1n) is 10.7. The van der Waals surface area contributed by atoms with Gasteiger partial charge in [0, 0.05) is 0 Å². The number of hydrogen-bond acceptors (Lipinski definition) is 4. The van der Waals surface area contributed by atoms with E-state index in [2.05, 4.69) is 10.3 Å². The molecule has 0 unspecified atom stereocenters. The second kappa shape index (κ2) is 9.00. The van der Waals surface area contributed by atoms with E-state index < -0.39 is 11.8 Å². The van der Waals surface area contributed by atoms with Crippen LogP contribution in [0.3, 0.4) is 0 Å². The number of halogens is 2. The standard InChI is InChI=1S/C25H19ClFN3O4Se/c1-12-18(11-14-21-15(26)5-3-7-17(21)29-23(14)31)28-13(2)20(12)25(33)34-10-9-30-24(32)22-16(27)6-4-8-19(22)35-30/h3-8,11,28H,9-10H2,1-2H3,(H,29,31)/b14-11-. The molecule has 35 heavy (non-hydrogen) atoms. The van der Waals surface area contributed by atoms with Crippen LogP contribution in [0.4, 0.5) is 10.1 Å².